The van der Waals surface area contributed by atoms with Crippen molar-refractivity contribution in [3.8, 4) is 0 Å². The number of anilines is 1. The number of rotatable bonds is 5. The van der Waals surface area contributed by atoms with Gasteiger partial charge in [0, 0.05) is 23.6 Å². The van der Waals surface area contributed by atoms with Crippen LogP contribution in [0.2, 0.25) is 0 Å². The van der Waals surface area contributed by atoms with Crippen LogP contribution in [0.15, 0.2) is 24.3 Å². The second kappa shape index (κ2) is 5.74. The molecule has 2 N–H and O–H groups in total. The Labute approximate surface area is 85.4 Å². The van der Waals surface area contributed by atoms with E-state index in [0.29, 0.717) is 5.69 Å². The van der Waals surface area contributed by atoms with Gasteiger partial charge in [0.2, 0.25) is 0 Å². The van der Waals surface area contributed by atoms with Crippen LogP contribution in [0.5, 0.6) is 0 Å². The van der Waals surface area contributed by atoms with Crippen molar-refractivity contribution in [2.24, 2.45) is 0 Å². The van der Waals surface area contributed by atoms with Crippen molar-refractivity contribution in [3.63, 3.8) is 0 Å². The van der Waals surface area contributed by atoms with Crippen LogP contribution in [0, 0.1) is 0 Å². The Morgan fingerprint density at radius 1 is 1.36 bits per heavy atom. The van der Waals surface area contributed by atoms with Gasteiger partial charge in [-0.25, -0.2) is 0 Å². The van der Waals surface area contributed by atoms with Crippen LogP contribution >= 0.6 is 0 Å². The van der Waals surface area contributed by atoms with Crippen molar-refractivity contribution in [1.29, 1.82) is 0 Å². The van der Waals surface area contributed by atoms with Crippen LogP contribution < -0.4 is 4.72 Å². The quantitative estimate of drug-likeness (QED) is 0.713. The first-order valence-corrected chi connectivity index (χ1v) is 5.35. The van der Waals surface area contributed by atoms with E-state index in [9.17, 15) is 8.76 Å². The molecule has 0 heterocycles. The largest absolute Gasteiger partial charge is 0.755 e. The highest BCUT2D eigenvalue weighted by Crippen LogP contribution is 2.10. The van der Waals surface area contributed by atoms with E-state index in [1.165, 1.54) is 0 Å². The molecule has 1 rings (SSSR count). The normalized spacial score (nSPS) is 12.4. The summed E-state index contributed by atoms with van der Waals surface area (Å²) in [6, 6.07) is 7.07. The van der Waals surface area contributed by atoms with Crippen LogP contribution in [0.1, 0.15) is 12.0 Å². The molecular formula is C9H12NO3S-. The molecule has 0 bridgehead atoms. The number of hydrogen-bond donors (Lipinski definition) is 2. The van der Waals surface area contributed by atoms with E-state index < -0.39 is 11.3 Å². The third-order valence-corrected chi connectivity index (χ3v) is 2.18. The van der Waals surface area contributed by atoms with E-state index in [1.807, 2.05) is 12.1 Å². The van der Waals surface area contributed by atoms with Crippen LogP contribution in [-0.2, 0) is 17.7 Å². The lowest BCUT2D eigenvalue weighted by Crippen LogP contribution is -2.02. The maximum atomic E-state index is 10.3. The summed E-state index contributed by atoms with van der Waals surface area (Å²) >= 11 is -2.27. The van der Waals surface area contributed by atoms with Crippen molar-refractivity contribution in [2.45, 2.75) is 12.8 Å². The SMILES string of the molecule is O=S([O-])Nc1ccc(CCCO)cc1. The van der Waals surface area contributed by atoms with Gasteiger partial charge < -0.3 is 14.4 Å². The predicted molar refractivity (Wildman–Crippen MR) is 54.4 cm³/mol. The van der Waals surface area contributed by atoms with E-state index in [-0.39, 0.29) is 6.61 Å². The van der Waals surface area contributed by atoms with Crippen LogP contribution in [0.3, 0.4) is 0 Å². The topological polar surface area (TPSA) is 72.4 Å². The number of aliphatic hydroxyl groups excluding tert-OH is 1. The smallest absolute Gasteiger partial charge is 0.0452 e. The Kier molecular flexibility index (Phi) is 4.58. The Hall–Kier alpha value is -0.910. The zero-order valence-corrected chi connectivity index (χ0v) is 8.42. The van der Waals surface area contributed by atoms with Gasteiger partial charge in [-0.1, -0.05) is 12.1 Å². The fraction of sp³-hybridized carbons (Fsp3) is 0.333. The predicted octanol–water partition coefficient (Wildman–Crippen LogP) is 0.817. The third kappa shape index (κ3) is 3.87. The van der Waals surface area contributed by atoms with Gasteiger partial charge in [0.05, 0.1) is 0 Å². The second-order valence-electron chi connectivity index (χ2n) is 2.86. The summed E-state index contributed by atoms with van der Waals surface area (Å²) in [5, 5.41) is 8.61. The number of benzene rings is 1. The lowest BCUT2D eigenvalue weighted by atomic mass is 10.1. The zero-order valence-electron chi connectivity index (χ0n) is 7.60. The highest BCUT2D eigenvalue weighted by atomic mass is 32.2. The third-order valence-electron chi connectivity index (χ3n) is 1.78. The van der Waals surface area contributed by atoms with Gasteiger partial charge in [-0.15, -0.1) is 0 Å². The summed E-state index contributed by atoms with van der Waals surface area (Å²) in [6.45, 7) is 0.171. The summed E-state index contributed by atoms with van der Waals surface area (Å²) in [5.74, 6) is 0. The molecule has 78 valence electrons. The summed E-state index contributed by atoms with van der Waals surface area (Å²) in [7, 11) is 0. The first-order chi connectivity index (χ1) is 6.72. The molecular weight excluding hydrogens is 202 g/mol. The van der Waals surface area contributed by atoms with Crippen molar-refractivity contribution in [1.82, 2.24) is 0 Å². The maximum absolute atomic E-state index is 10.3. The number of nitrogens with one attached hydrogen (secondary N) is 1. The average molecular weight is 214 g/mol. The minimum Gasteiger partial charge on any atom is -0.755 e. The molecule has 0 amide bonds. The maximum Gasteiger partial charge on any atom is 0.0452 e. The second-order valence-corrected chi connectivity index (χ2v) is 3.53. The Morgan fingerprint density at radius 2 is 2.00 bits per heavy atom. The van der Waals surface area contributed by atoms with Crippen molar-refractivity contribution >= 4 is 17.0 Å². The number of aliphatic hydroxyl groups is 1. The van der Waals surface area contributed by atoms with E-state index in [0.717, 1.165) is 18.4 Å². The van der Waals surface area contributed by atoms with Gasteiger partial charge >= 0.3 is 0 Å². The minimum atomic E-state index is -2.27. The molecule has 1 unspecified atom stereocenters. The molecule has 0 aromatic heterocycles. The fourth-order valence-corrected chi connectivity index (χ4v) is 1.45. The standard InChI is InChI=1S/C9H13NO3S/c11-7-1-2-8-3-5-9(6-4-8)10-14(12)13/h3-6,10-11H,1-2,7H2,(H,12,13)/p-1. The van der Waals surface area contributed by atoms with Crippen molar-refractivity contribution in [3.05, 3.63) is 29.8 Å². The summed E-state index contributed by atoms with van der Waals surface area (Å²) < 4.78 is 22.8. The molecule has 1 atom stereocenters. The Morgan fingerprint density at radius 3 is 2.50 bits per heavy atom. The molecule has 1 aromatic carbocycles. The summed E-state index contributed by atoms with van der Waals surface area (Å²) in [6.07, 6.45) is 1.53. The van der Waals surface area contributed by atoms with Crippen molar-refractivity contribution < 1.29 is 13.9 Å². The number of hydrogen-bond acceptors (Lipinski definition) is 3. The van der Waals surface area contributed by atoms with E-state index >= 15 is 0 Å². The molecule has 0 aliphatic carbocycles. The van der Waals surface area contributed by atoms with Gasteiger partial charge in [0.25, 0.3) is 0 Å². The minimum absolute atomic E-state index is 0.171. The molecule has 5 heteroatoms. The first kappa shape index (κ1) is 11.2. The zero-order chi connectivity index (χ0) is 10.4. The molecule has 0 aliphatic rings. The Balaban J connectivity index is 2.54. The van der Waals surface area contributed by atoms with E-state index in [4.69, 9.17) is 5.11 Å². The Bertz CT molecular complexity index is 299. The van der Waals surface area contributed by atoms with E-state index in [1.54, 1.807) is 12.1 Å². The van der Waals surface area contributed by atoms with Gasteiger partial charge in [0.1, 0.15) is 0 Å². The van der Waals surface area contributed by atoms with E-state index in [2.05, 4.69) is 4.72 Å². The van der Waals surface area contributed by atoms with Gasteiger partial charge in [-0.3, -0.25) is 4.21 Å². The molecule has 0 radical (unpaired) electrons. The monoisotopic (exact) mass is 214 g/mol. The van der Waals surface area contributed by atoms with Gasteiger partial charge in [0.15, 0.2) is 0 Å². The number of aryl methyl sites for hydroxylation is 1. The van der Waals surface area contributed by atoms with Gasteiger partial charge in [-0.05, 0) is 30.5 Å². The molecule has 0 fully saturated rings. The first-order valence-electron chi connectivity index (χ1n) is 4.28. The van der Waals surface area contributed by atoms with Crippen molar-refractivity contribution in [2.75, 3.05) is 11.3 Å². The highest BCUT2D eigenvalue weighted by molar-refractivity contribution is 7.80. The van der Waals surface area contributed by atoms with Crippen LogP contribution in [0.4, 0.5) is 5.69 Å². The summed E-state index contributed by atoms with van der Waals surface area (Å²) in [5.41, 5.74) is 1.63. The van der Waals surface area contributed by atoms with Crippen LogP contribution in [0.25, 0.3) is 0 Å². The molecule has 1 aromatic rings. The molecule has 0 saturated carbocycles. The molecule has 0 saturated heterocycles. The molecule has 0 spiro atoms. The molecule has 14 heavy (non-hydrogen) atoms. The summed E-state index contributed by atoms with van der Waals surface area (Å²) in [4.78, 5) is 0. The average Bonchev–Trinajstić information content (AvgIpc) is 2.16. The molecule has 4 nitrogen and oxygen atoms in total. The fourth-order valence-electron chi connectivity index (χ4n) is 1.12. The van der Waals surface area contributed by atoms with Gasteiger partial charge in [-0.2, -0.15) is 0 Å². The molecule has 0 aliphatic heterocycles. The lowest BCUT2D eigenvalue weighted by molar-refractivity contribution is 0.288. The lowest BCUT2D eigenvalue weighted by Gasteiger charge is -2.08. The van der Waals surface area contributed by atoms with Crippen LogP contribution in [-0.4, -0.2) is 20.5 Å². The highest BCUT2D eigenvalue weighted by Gasteiger charge is 1.93.